The van der Waals surface area contributed by atoms with Crippen LogP contribution in [0.5, 0.6) is 17.2 Å². The third kappa shape index (κ3) is 4.06. The lowest BCUT2D eigenvalue weighted by molar-refractivity contribution is -0.138. The Bertz CT molecular complexity index is 835. The average molecular weight is 387 g/mol. The summed E-state index contributed by atoms with van der Waals surface area (Å²) >= 11 is 0. The number of ether oxygens (including phenoxy) is 3. The van der Waals surface area contributed by atoms with E-state index in [2.05, 4.69) is 0 Å². The van der Waals surface area contributed by atoms with E-state index >= 15 is 0 Å². The molecule has 1 heterocycles. The molecule has 6 heteroatoms. The molecule has 0 aromatic heterocycles. The predicted molar refractivity (Wildman–Crippen MR) is 104 cm³/mol. The maximum Gasteiger partial charge on any atom is 0.225 e. The highest BCUT2D eigenvalue weighted by molar-refractivity contribution is 5.79. The van der Waals surface area contributed by atoms with Gasteiger partial charge in [-0.2, -0.15) is 0 Å². The molecular weight excluding hydrogens is 361 g/mol. The topological polar surface area (TPSA) is 48.0 Å². The van der Waals surface area contributed by atoms with Crippen molar-refractivity contribution >= 4 is 5.91 Å². The van der Waals surface area contributed by atoms with E-state index in [1.807, 2.05) is 30.9 Å². The molecule has 3 rings (SSSR count). The van der Waals surface area contributed by atoms with Crippen LogP contribution in [0.1, 0.15) is 31.0 Å². The van der Waals surface area contributed by atoms with Crippen LogP contribution >= 0.6 is 0 Å². The van der Waals surface area contributed by atoms with Crippen LogP contribution in [0.4, 0.5) is 4.39 Å². The molecule has 0 bridgehead atoms. The van der Waals surface area contributed by atoms with Crippen LogP contribution < -0.4 is 14.2 Å². The van der Waals surface area contributed by atoms with Gasteiger partial charge in [-0.1, -0.05) is 13.8 Å². The van der Waals surface area contributed by atoms with Gasteiger partial charge in [-0.15, -0.1) is 0 Å². The average Bonchev–Trinajstić information content (AvgIpc) is 2.71. The van der Waals surface area contributed by atoms with E-state index in [0.717, 1.165) is 17.5 Å². The summed E-state index contributed by atoms with van der Waals surface area (Å²) in [6.07, 6.45) is 0.737. The maximum atomic E-state index is 13.2. The van der Waals surface area contributed by atoms with Crippen LogP contribution in [0.3, 0.4) is 0 Å². The summed E-state index contributed by atoms with van der Waals surface area (Å²) < 4.78 is 29.9. The van der Waals surface area contributed by atoms with Crippen molar-refractivity contribution in [2.75, 3.05) is 27.4 Å². The second-order valence-corrected chi connectivity index (χ2v) is 7.12. The third-order valence-corrected chi connectivity index (χ3v) is 5.00. The molecule has 0 aliphatic carbocycles. The Balaban J connectivity index is 1.95. The van der Waals surface area contributed by atoms with Gasteiger partial charge in [-0.3, -0.25) is 4.79 Å². The summed E-state index contributed by atoms with van der Waals surface area (Å²) in [5.74, 6) is 1.49. The van der Waals surface area contributed by atoms with E-state index in [4.69, 9.17) is 14.2 Å². The smallest absolute Gasteiger partial charge is 0.225 e. The van der Waals surface area contributed by atoms with Crippen molar-refractivity contribution in [2.45, 2.75) is 26.3 Å². The standard InChI is InChI=1S/C22H26FNO4/c1-14(2)22(25)24-10-9-15-11-20(26-3)21(27-4)12-18(15)19(24)13-28-17-7-5-16(23)6-8-17/h5-8,11-12,14,19H,9-10,13H2,1-4H3/t19-/m1/s1. The number of fused-ring (bicyclic) bond motifs is 1. The lowest BCUT2D eigenvalue weighted by Gasteiger charge is -2.38. The number of hydrogen-bond acceptors (Lipinski definition) is 4. The number of nitrogens with zero attached hydrogens (tertiary/aromatic N) is 1. The van der Waals surface area contributed by atoms with Gasteiger partial charge in [0.25, 0.3) is 0 Å². The highest BCUT2D eigenvalue weighted by Gasteiger charge is 2.33. The normalized spacial score (nSPS) is 15.9. The largest absolute Gasteiger partial charge is 0.493 e. The zero-order valence-electron chi connectivity index (χ0n) is 16.7. The molecule has 1 atom stereocenters. The fraction of sp³-hybridized carbons (Fsp3) is 0.409. The van der Waals surface area contributed by atoms with E-state index in [1.54, 1.807) is 26.4 Å². The molecule has 2 aromatic carbocycles. The van der Waals surface area contributed by atoms with Crippen LogP contribution in [0.25, 0.3) is 0 Å². The first kappa shape index (κ1) is 20.0. The first-order valence-electron chi connectivity index (χ1n) is 9.38. The summed E-state index contributed by atoms with van der Waals surface area (Å²) in [5, 5.41) is 0. The number of methoxy groups -OCH3 is 2. The Morgan fingerprint density at radius 2 is 1.79 bits per heavy atom. The number of amides is 1. The van der Waals surface area contributed by atoms with Gasteiger partial charge in [0.2, 0.25) is 5.91 Å². The Morgan fingerprint density at radius 3 is 2.39 bits per heavy atom. The van der Waals surface area contributed by atoms with Crippen LogP contribution in [0.15, 0.2) is 36.4 Å². The molecule has 0 N–H and O–H groups in total. The van der Waals surface area contributed by atoms with Crippen molar-refractivity contribution in [1.29, 1.82) is 0 Å². The van der Waals surface area contributed by atoms with E-state index < -0.39 is 0 Å². The Labute approximate surface area is 165 Å². The van der Waals surface area contributed by atoms with E-state index in [1.165, 1.54) is 12.1 Å². The predicted octanol–water partition coefficient (Wildman–Crippen LogP) is 4.00. The fourth-order valence-electron chi connectivity index (χ4n) is 3.51. The molecule has 0 saturated carbocycles. The van der Waals surface area contributed by atoms with E-state index in [9.17, 15) is 9.18 Å². The molecule has 5 nitrogen and oxygen atoms in total. The summed E-state index contributed by atoms with van der Waals surface area (Å²) in [5.41, 5.74) is 2.10. The van der Waals surface area contributed by atoms with Gasteiger partial charge in [0.15, 0.2) is 11.5 Å². The Hall–Kier alpha value is -2.76. The number of rotatable bonds is 6. The van der Waals surface area contributed by atoms with Gasteiger partial charge in [0, 0.05) is 12.5 Å². The van der Waals surface area contributed by atoms with Crippen LogP contribution in [0, 0.1) is 11.7 Å². The lowest BCUT2D eigenvalue weighted by atomic mass is 9.91. The molecule has 0 spiro atoms. The highest BCUT2D eigenvalue weighted by atomic mass is 19.1. The summed E-state index contributed by atoms with van der Waals surface area (Å²) in [4.78, 5) is 14.7. The van der Waals surface area contributed by atoms with Crippen molar-refractivity contribution in [2.24, 2.45) is 5.92 Å². The van der Waals surface area contributed by atoms with Crippen molar-refractivity contribution in [3.63, 3.8) is 0 Å². The van der Waals surface area contributed by atoms with Gasteiger partial charge in [0.1, 0.15) is 18.2 Å². The molecule has 1 aliphatic heterocycles. The molecular formula is C22H26FNO4. The zero-order chi connectivity index (χ0) is 20.3. The van der Waals surface area contributed by atoms with E-state index in [0.29, 0.717) is 23.8 Å². The van der Waals surface area contributed by atoms with E-state index in [-0.39, 0.29) is 30.3 Å². The van der Waals surface area contributed by atoms with Gasteiger partial charge in [-0.05, 0) is 53.9 Å². The molecule has 0 radical (unpaired) electrons. The first-order chi connectivity index (χ1) is 13.4. The summed E-state index contributed by atoms with van der Waals surface area (Å²) in [7, 11) is 3.20. The monoisotopic (exact) mass is 387 g/mol. The zero-order valence-corrected chi connectivity index (χ0v) is 16.7. The fourth-order valence-corrected chi connectivity index (χ4v) is 3.51. The quantitative estimate of drug-likeness (QED) is 0.752. The van der Waals surface area contributed by atoms with Crippen LogP contribution in [-0.2, 0) is 11.2 Å². The summed E-state index contributed by atoms with van der Waals surface area (Å²) in [6, 6.07) is 9.51. The SMILES string of the molecule is COc1cc2c(cc1OC)[C@@H](COc1ccc(F)cc1)N(C(=O)C(C)C)CC2. The molecule has 0 fully saturated rings. The van der Waals surface area contributed by atoms with Crippen LogP contribution in [-0.4, -0.2) is 38.2 Å². The molecule has 0 unspecified atom stereocenters. The minimum atomic E-state index is -0.316. The third-order valence-electron chi connectivity index (χ3n) is 5.00. The van der Waals surface area contributed by atoms with Crippen molar-refractivity contribution < 1.29 is 23.4 Å². The van der Waals surface area contributed by atoms with Crippen molar-refractivity contribution in [1.82, 2.24) is 4.90 Å². The van der Waals surface area contributed by atoms with Gasteiger partial charge >= 0.3 is 0 Å². The number of hydrogen-bond donors (Lipinski definition) is 0. The molecule has 150 valence electrons. The Kier molecular flexibility index (Phi) is 6.07. The molecule has 1 amide bonds. The number of carbonyl (C=O) groups excluding carboxylic acids is 1. The second kappa shape index (κ2) is 8.50. The molecule has 28 heavy (non-hydrogen) atoms. The highest BCUT2D eigenvalue weighted by Crippen LogP contribution is 2.38. The number of carbonyl (C=O) groups is 1. The number of benzene rings is 2. The molecule has 2 aromatic rings. The van der Waals surface area contributed by atoms with Crippen molar-refractivity contribution in [3.05, 3.63) is 53.3 Å². The van der Waals surface area contributed by atoms with Crippen LogP contribution in [0.2, 0.25) is 0 Å². The second-order valence-electron chi connectivity index (χ2n) is 7.12. The van der Waals surface area contributed by atoms with Gasteiger partial charge in [-0.25, -0.2) is 4.39 Å². The van der Waals surface area contributed by atoms with Crippen molar-refractivity contribution in [3.8, 4) is 17.2 Å². The van der Waals surface area contributed by atoms with Gasteiger partial charge < -0.3 is 19.1 Å². The summed E-state index contributed by atoms with van der Waals surface area (Å²) in [6.45, 7) is 4.66. The lowest BCUT2D eigenvalue weighted by Crippen LogP contribution is -2.44. The van der Waals surface area contributed by atoms with Gasteiger partial charge in [0.05, 0.1) is 20.3 Å². The number of halogens is 1. The molecule has 1 aliphatic rings. The Morgan fingerprint density at radius 1 is 1.14 bits per heavy atom. The minimum absolute atomic E-state index is 0.0770. The first-order valence-corrected chi connectivity index (χ1v) is 9.38. The molecule has 0 saturated heterocycles. The minimum Gasteiger partial charge on any atom is -0.493 e. The maximum absolute atomic E-state index is 13.2.